The Balaban J connectivity index is 1.83. The summed E-state index contributed by atoms with van der Waals surface area (Å²) in [5.41, 5.74) is 0.740. The van der Waals surface area contributed by atoms with E-state index in [2.05, 4.69) is 41.4 Å². The first kappa shape index (κ1) is 13.3. The lowest BCUT2D eigenvalue weighted by molar-refractivity contribution is -0.166. The molecule has 0 radical (unpaired) electrons. The fourth-order valence-electron chi connectivity index (χ4n) is 2.87. The number of rotatable bonds is 3. The Labute approximate surface area is 118 Å². The molecule has 20 heavy (non-hydrogen) atoms. The summed E-state index contributed by atoms with van der Waals surface area (Å²) in [6, 6.07) is 4.22. The number of aromatic nitrogens is 4. The van der Waals surface area contributed by atoms with Gasteiger partial charge in [-0.25, -0.2) is 0 Å². The van der Waals surface area contributed by atoms with Crippen molar-refractivity contribution in [3.05, 3.63) is 18.0 Å². The molecule has 0 spiro atoms. The molecule has 6 nitrogen and oxygen atoms in total. The zero-order valence-corrected chi connectivity index (χ0v) is 12.6. The van der Waals surface area contributed by atoms with Gasteiger partial charge in [0, 0.05) is 18.6 Å². The maximum atomic E-state index is 5.65. The second-order valence-corrected chi connectivity index (χ2v) is 6.29. The molecule has 2 heterocycles. The van der Waals surface area contributed by atoms with Crippen LogP contribution in [0.2, 0.25) is 0 Å². The van der Waals surface area contributed by atoms with Gasteiger partial charge in [-0.05, 0) is 32.4 Å². The molecule has 108 valence electrons. The highest BCUT2D eigenvalue weighted by molar-refractivity contribution is 5.45. The van der Waals surface area contributed by atoms with E-state index in [0.717, 1.165) is 23.7 Å². The minimum atomic E-state index is -0.0821. The van der Waals surface area contributed by atoms with E-state index < -0.39 is 0 Å². The monoisotopic (exact) mass is 275 g/mol. The van der Waals surface area contributed by atoms with Gasteiger partial charge >= 0.3 is 0 Å². The van der Waals surface area contributed by atoms with Crippen LogP contribution < -0.4 is 5.32 Å². The van der Waals surface area contributed by atoms with E-state index in [1.807, 2.05) is 19.1 Å². The number of fused-ring (bicyclic) bond motifs is 1. The molecule has 2 aromatic rings. The molecule has 1 aliphatic rings. The van der Waals surface area contributed by atoms with Crippen LogP contribution in [0.15, 0.2) is 12.1 Å². The third-order valence-corrected chi connectivity index (χ3v) is 5.02. The van der Waals surface area contributed by atoms with Crippen LogP contribution in [0.25, 0.3) is 5.65 Å². The standard InChI is InChI=1S/C14H21N5O/c1-9-16-17-12-7-6-11(18-19(9)12)15-10-8-14(4,20-5)13(10,2)3/h6-7,10H,8H2,1-5H3,(H,15,18)/t10-,14-/m0/s1. The van der Waals surface area contributed by atoms with Gasteiger partial charge < -0.3 is 10.1 Å². The quantitative estimate of drug-likeness (QED) is 0.928. The van der Waals surface area contributed by atoms with Gasteiger partial charge in [-0.15, -0.1) is 15.3 Å². The molecule has 1 aliphatic carbocycles. The van der Waals surface area contributed by atoms with Crippen LogP contribution in [0, 0.1) is 12.3 Å². The van der Waals surface area contributed by atoms with Crippen molar-refractivity contribution in [1.29, 1.82) is 0 Å². The Bertz CT molecular complexity index is 650. The summed E-state index contributed by atoms with van der Waals surface area (Å²) in [7, 11) is 1.78. The number of ether oxygens (including phenoxy) is 1. The molecule has 0 saturated heterocycles. The highest BCUT2D eigenvalue weighted by Crippen LogP contribution is 2.52. The van der Waals surface area contributed by atoms with Crippen LogP contribution in [0.1, 0.15) is 33.0 Å². The van der Waals surface area contributed by atoms with E-state index in [1.165, 1.54) is 0 Å². The summed E-state index contributed by atoms with van der Waals surface area (Å²) >= 11 is 0. The number of hydrogen-bond donors (Lipinski definition) is 1. The summed E-state index contributed by atoms with van der Waals surface area (Å²) in [4.78, 5) is 0. The molecule has 1 N–H and O–H groups in total. The van der Waals surface area contributed by atoms with Gasteiger partial charge in [-0.3, -0.25) is 0 Å². The lowest BCUT2D eigenvalue weighted by Crippen LogP contribution is -2.65. The minimum absolute atomic E-state index is 0.0562. The second kappa shape index (κ2) is 4.15. The highest BCUT2D eigenvalue weighted by atomic mass is 16.5. The van der Waals surface area contributed by atoms with E-state index in [0.29, 0.717) is 6.04 Å². The van der Waals surface area contributed by atoms with Crippen LogP contribution in [0.4, 0.5) is 5.82 Å². The molecule has 3 rings (SSSR count). The molecule has 0 unspecified atom stereocenters. The number of methoxy groups -OCH3 is 1. The van der Waals surface area contributed by atoms with Crippen LogP contribution in [-0.2, 0) is 4.74 Å². The lowest BCUT2D eigenvalue weighted by Gasteiger charge is -2.59. The Kier molecular flexibility index (Phi) is 2.76. The Hall–Kier alpha value is -1.69. The Morgan fingerprint density at radius 2 is 2.05 bits per heavy atom. The summed E-state index contributed by atoms with van der Waals surface area (Å²) in [6.45, 7) is 8.50. The maximum Gasteiger partial charge on any atom is 0.178 e. The van der Waals surface area contributed by atoms with E-state index in [1.54, 1.807) is 11.6 Å². The molecule has 2 aromatic heterocycles. The minimum Gasteiger partial charge on any atom is -0.378 e. The van der Waals surface area contributed by atoms with E-state index in [9.17, 15) is 0 Å². The number of aryl methyl sites for hydroxylation is 1. The Morgan fingerprint density at radius 1 is 1.30 bits per heavy atom. The predicted octanol–water partition coefficient (Wildman–Crippen LogP) is 2.05. The van der Waals surface area contributed by atoms with Crippen molar-refractivity contribution in [2.75, 3.05) is 12.4 Å². The highest BCUT2D eigenvalue weighted by Gasteiger charge is 2.57. The zero-order valence-electron chi connectivity index (χ0n) is 12.6. The molecule has 6 heteroatoms. The molecule has 1 saturated carbocycles. The zero-order chi connectivity index (χ0) is 14.5. The fraction of sp³-hybridized carbons (Fsp3) is 0.643. The molecule has 0 bridgehead atoms. The first-order valence-corrected chi connectivity index (χ1v) is 6.88. The second-order valence-electron chi connectivity index (χ2n) is 6.29. The molecule has 0 aromatic carbocycles. The molecule has 0 aliphatic heterocycles. The van der Waals surface area contributed by atoms with Crippen molar-refractivity contribution in [1.82, 2.24) is 19.8 Å². The number of anilines is 1. The Morgan fingerprint density at radius 3 is 2.70 bits per heavy atom. The molecule has 2 atom stereocenters. The lowest BCUT2D eigenvalue weighted by atomic mass is 9.56. The first-order valence-electron chi connectivity index (χ1n) is 6.88. The maximum absolute atomic E-state index is 5.65. The third kappa shape index (κ3) is 1.71. The van der Waals surface area contributed by atoms with Crippen LogP contribution in [-0.4, -0.2) is 38.6 Å². The summed E-state index contributed by atoms with van der Waals surface area (Å²) < 4.78 is 7.40. The number of nitrogens with zero attached hydrogens (tertiary/aromatic N) is 4. The van der Waals surface area contributed by atoms with Gasteiger partial charge in [0.25, 0.3) is 0 Å². The first-order chi connectivity index (χ1) is 9.37. The average molecular weight is 275 g/mol. The van der Waals surface area contributed by atoms with Crippen LogP contribution >= 0.6 is 0 Å². The van der Waals surface area contributed by atoms with Crippen LogP contribution in [0.3, 0.4) is 0 Å². The van der Waals surface area contributed by atoms with Gasteiger partial charge in [0.1, 0.15) is 5.82 Å². The van der Waals surface area contributed by atoms with Crippen molar-refractivity contribution < 1.29 is 4.74 Å². The van der Waals surface area contributed by atoms with E-state index >= 15 is 0 Å². The fourth-order valence-corrected chi connectivity index (χ4v) is 2.87. The third-order valence-electron chi connectivity index (χ3n) is 5.02. The molecule has 1 fully saturated rings. The van der Waals surface area contributed by atoms with Gasteiger partial charge in [0.2, 0.25) is 0 Å². The van der Waals surface area contributed by atoms with Crippen LogP contribution in [0.5, 0.6) is 0 Å². The SMILES string of the molecule is CO[C@@]1(C)C[C@H](Nc2ccc3nnc(C)n3n2)C1(C)C. The predicted molar refractivity (Wildman–Crippen MR) is 76.7 cm³/mol. The number of hydrogen-bond acceptors (Lipinski definition) is 5. The number of nitrogens with one attached hydrogen (secondary N) is 1. The van der Waals surface area contributed by atoms with Crippen molar-refractivity contribution >= 4 is 11.5 Å². The normalized spacial score (nSPS) is 28.4. The molecular formula is C14H21N5O. The van der Waals surface area contributed by atoms with Crippen molar-refractivity contribution in [3.63, 3.8) is 0 Å². The van der Waals surface area contributed by atoms with Gasteiger partial charge in [0.05, 0.1) is 5.60 Å². The smallest absolute Gasteiger partial charge is 0.178 e. The van der Waals surface area contributed by atoms with Gasteiger partial charge in [-0.1, -0.05) is 13.8 Å². The van der Waals surface area contributed by atoms with Crippen molar-refractivity contribution in [2.45, 2.75) is 45.8 Å². The van der Waals surface area contributed by atoms with E-state index in [4.69, 9.17) is 4.74 Å². The summed E-state index contributed by atoms with van der Waals surface area (Å²) in [5.74, 6) is 1.63. The summed E-state index contributed by atoms with van der Waals surface area (Å²) in [6.07, 6.45) is 0.970. The van der Waals surface area contributed by atoms with Crippen molar-refractivity contribution in [3.8, 4) is 0 Å². The molecular weight excluding hydrogens is 254 g/mol. The molecule has 0 amide bonds. The largest absolute Gasteiger partial charge is 0.378 e. The topological polar surface area (TPSA) is 64.3 Å². The van der Waals surface area contributed by atoms with Gasteiger partial charge in [-0.2, -0.15) is 4.52 Å². The van der Waals surface area contributed by atoms with Crippen molar-refractivity contribution in [2.24, 2.45) is 5.41 Å². The van der Waals surface area contributed by atoms with E-state index in [-0.39, 0.29) is 11.0 Å². The summed E-state index contributed by atoms with van der Waals surface area (Å²) in [5, 5.41) is 16.1. The average Bonchev–Trinajstić information content (AvgIpc) is 2.79. The van der Waals surface area contributed by atoms with Gasteiger partial charge in [0.15, 0.2) is 11.5 Å².